The maximum atomic E-state index is 13.9. The Morgan fingerprint density at radius 2 is 1.76 bits per heavy atom. The Labute approximate surface area is 230 Å². The molecule has 2 aromatic carbocycles. The number of unbranched alkanes of at least 4 members (excludes halogenated alkanes) is 2. The molecule has 1 N–H and O–H groups in total. The molecule has 0 saturated heterocycles. The fourth-order valence-electron chi connectivity index (χ4n) is 3.94. The molecule has 2 aromatic heterocycles. The average Bonchev–Trinajstić information content (AvgIpc) is 3.51. The van der Waals surface area contributed by atoms with Crippen LogP contribution in [-0.2, 0) is 17.7 Å². The number of hydrogen-bond acceptors (Lipinski definition) is 5. The third-order valence-corrected chi connectivity index (χ3v) is 6.67. The first-order valence-corrected chi connectivity index (χ1v) is 13.6. The van der Waals surface area contributed by atoms with E-state index in [1.165, 1.54) is 4.90 Å². The van der Waals surface area contributed by atoms with Crippen molar-refractivity contribution in [2.75, 3.05) is 13.2 Å². The van der Waals surface area contributed by atoms with Crippen LogP contribution in [0, 0.1) is 0 Å². The first kappa shape index (κ1) is 24.4. The maximum absolute atomic E-state index is 13.9. The number of hydrogen-bond donors (Lipinski definition) is 1. The molecule has 0 spiro atoms. The number of carboxylic acids is 1. The lowest BCUT2D eigenvalue weighted by atomic mass is 10.1. The monoisotopic (exact) mass is 530 g/mol. The molecule has 6 nitrogen and oxygen atoms in total. The van der Waals surface area contributed by atoms with Crippen molar-refractivity contribution in [2.24, 2.45) is 0 Å². The van der Waals surface area contributed by atoms with Crippen molar-refractivity contribution in [3.05, 3.63) is 107 Å². The Balaban J connectivity index is 1.57. The van der Waals surface area contributed by atoms with Crippen LogP contribution in [0.3, 0.4) is 0 Å². The molecule has 7 heteroatoms. The number of rotatable bonds is 14. The lowest BCUT2D eigenvalue weighted by Crippen LogP contribution is -2.32. The molecule has 0 unspecified atom stereocenters. The summed E-state index contributed by atoms with van der Waals surface area (Å²) in [4.78, 5) is 30.2. The van der Waals surface area contributed by atoms with E-state index < -0.39 is 18.4 Å². The minimum Gasteiger partial charge on any atom is -0.493 e. The topological polar surface area (TPSA) is 79.7 Å². The number of thiophene rings is 1. The second-order valence-corrected chi connectivity index (χ2v) is 9.56. The average molecular weight is 531 g/mol. The summed E-state index contributed by atoms with van der Waals surface area (Å²) in [5.41, 5.74) is 3.46. The summed E-state index contributed by atoms with van der Waals surface area (Å²) >= 11 is 1.60. The summed E-state index contributed by atoms with van der Waals surface area (Å²) in [7, 11) is 0. The molecule has 38 heavy (non-hydrogen) atoms. The second kappa shape index (κ2) is 14.1. The number of carbonyl (C=O) groups is 2. The van der Waals surface area contributed by atoms with E-state index in [1.54, 1.807) is 53.9 Å². The number of carboxylic acid groups (broad SMARTS) is 1. The molecular formula is C31H32N2O4S. The third kappa shape index (κ3) is 8.02. The zero-order valence-electron chi connectivity index (χ0n) is 23.1. The lowest BCUT2D eigenvalue weighted by Gasteiger charge is -2.24. The van der Waals surface area contributed by atoms with Crippen LogP contribution < -0.4 is 4.74 Å². The smallest absolute Gasteiger partial charge is 0.303 e. The molecule has 0 aliphatic heterocycles. The second-order valence-electron chi connectivity index (χ2n) is 8.78. The Morgan fingerprint density at radius 3 is 2.50 bits per heavy atom. The zero-order valence-corrected chi connectivity index (χ0v) is 21.9. The molecule has 1 amide bonds. The Hall–Kier alpha value is -3.97. The van der Waals surface area contributed by atoms with Crippen molar-refractivity contribution in [3.8, 4) is 16.9 Å². The molecule has 196 valence electrons. The zero-order chi connectivity index (χ0) is 28.4. The standard InChI is InChI=1S/C31H32N2O4S/c34-30(35)11-2-1-7-20-37-29-10-4-3-8-26(29)22-33(19-16-28-9-5-6-18-32-28)31(36)25-14-12-24(13-15-25)27-17-21-38-23-27/h3-6,8-10,12-15,17-18,21,23H,1-2,7,11,16,19-20,22H2,(H,34,35)/i22D2. The fraction of sp³-hybridized carbons (Fsp3) is 0.258. The van der Waals surface area contributed by atoms with Crippen LogP contribution in [0.25, 0.3) is 11.1 Å². The lowest BCUT2D eigenvalue weighted by molar-refractivity contribution is -0.137. The van der Waals surface area contributed by atoms with Crippen LogP contribution in [0.5, 0.6) is 5.75 Å². The summed E-state index contributed by atoms with van der Waals surface area (Å²) in [6.07, 6.45) is 4.06. The summed E-state index contributed by atoms with van der Waals surface area (Å²) < 4.78 is 24.3. The maximum Gasteiger partial charge on any atom is 0.303 e. The van der Waals surface area contributed by atoms with Gasteiger partial charge in [0, 0.05) is 48.9 Å². The quantitative estimate of drug-likeness (QED) is 0.183. The van der Waals surface area contributed by atoms with E-state index in [0.29, 0.717) is 43.6 Å². The van der Waals surface area contributed by atoms with Gasteiger partial charge in [0.25, 0.3) is 5.91 Å². The van der Waals surface area contributed by atoms with Crippen LogP contribution in [-0.4, -0.2) is 40.0 Å². The summed E-state index contributed by atoms with van der Waals surface area (Å²) in [6.45, 7) is -1.75. The molecule has 0 radical (unpaired) electrons. The summed E-state index contributed by atoms with van der Waals surface area (Å²) in [5, 5.41) is 12.9. The third-order valence-electron chi connectivity index (χ3n) is 5.98. The van der Waals surface area contributed by atoms with Gasteiger partial charge in [-0.15, -0.1) is 0 Å². The van der Waals surface area contributed by atoms with Gasteiger partial charge in [0.15, 0.2) is 0 Å². The number of aromatic nitrogens is 1. The molecule has 0 atom stereocenters. The predicted molar refractivity (Wildman–Crippen MR) is 150 cm³/mol. The minimum atomic E-state index is -2.18. The van der Waals surface area contributed by atoms with E-state index in [-0.39, 0.29) is 18.5 Å². The molecule has 0 bridgehead atoms. The normalized spacial score (nSPS) is 11.9. The predicted octanol–water partition coefficient (Wildman–Crippen LogP) is 6.72. The number of ether oxygens (including phenoxy) is 1. The fourth-order valence-corrected chi connectivity index (χ4v) is 4.60. The highest BCUT2D eigenvalue weighted by Gasteiger charge is 2.18. The van der Waals surface area contributed by atoms with E-state index in [0.717, 1.165) is 16.8 Å². The van der Waals surface area contributed by atoms with E-state index in [1.807, 2.05) is 47.2 Å². The van der Waals surface area contributed by atoms with Crippen LogP contribution >= 0.6 is 11.3 Å². The summed E-state index contributed by atoms with van der Waals surface area (Å²) in [5.74, 6) is -0.897. The van der Waals surface area contributed by atoms with Gasteiger partial charge in [-0.2, -0.15) is 11.3 Å². The van der Waals surface area contributed by atoms with Crippen molar-refractivity contribution in [2.45, 2.75) is 38.6 Å². The molecule has 4 aromatic rings. The van der Waals surface area contributed by atoms with Gasteiger partial charge in [0.05, 0.1) is 9.35 Å². The minimum absolute atomic E-state index is 0.110. The largest absolute Gasteiger partial charge is 0.493 e. The van der Waals surface area contributed by atoms with Gasteiger partial charge < -0.3 is 14.7 Å². The van der Waals surface area contributed by atoms with Crippen molar-refractivity contribution >= 4 is 23.2 Å². The SMILES string of the molecule is [2H]C([2H])(c1ccccc1OCCCCCC(=O)O)N(CCc1ccccn1)C(=O)c1ccc(-c2ccsc2)cc1. The Morgan fingerprint density at radius 1 is 0.947 bits per heavy atom. The first-order valence-electron chi connectivity index (χ1n) is 13.6. The Bertz CT molecular complexity index is 1380. The number of pyridine rings is 1. The van der Waals surface area contributed by atoms with Gasteiger partial charge in [0.1, 0.15) is 5.75 Å². The summed E-state index contributed by atoms with van der Waals surface area (Å²) in [6, 6.07) is 21.6. The number of benzene rings is 2. The first-order chi connectivity index (χ1) is 19.4. The molecule has 4 rings (SSSR count). The van der Waals surface area contributed by atoms with E-state index in [9.17, 15) is 9.59 Å². The van der Waals surface area contributed by atoms with Gasteiger partial charge in [-0.3, -0.25) is 14.6 Å². The van der Waals surface area contributed by atoms with E-state index in [2.05, 4.69) is 4.98 Å². The molecule has 0 saturated carbocycles. The van der Waals surface area contributed by atoms with Gasteiger partial charge in [-0.1, -0.05) is 36.4 Å². The Kier molecular flexibility index (Phi) is 9.04. The van der Waals surface area contributed by atoms with Crippen LogP contribution in [0.15, 0.2) is 89.8 Å². The van der Waals surface area contributed by atoms with E-state index >= 15 is 0 Å². The number of nitrogens with zero attached hydrogens (tertiary/aromatic N) is 2. The van der Waals surface area contributed by atoms with Crippen LogP contribution in [0.4, 0.5) is 0 Å². The van der Waals surface area contributed by atoms with Crippen molar-refractivity contribution in [1.29, 1.82) is 0 Å². The number of aliphatic carboxylic acids is 1. The van der Waals surface area contributed by atoms with Crippen molar-refractivity contribution in [3.63, 3.8) is 0 Å². The van der Waals surface area contributed by atoms with Gasteiger partial charge in [-0.25, -0.2) is 0 Å². The van der Waals surface area contributed by atoms with Gasteiger partial charge >= 0.3 is 5.97 Å². The molecule has 2 heterocycles. The number of amides is 1. The highest BCUT2D eigenvalue weighted by Crippen LogP contribution is 2.24. The highest BCUT2D eigenvalue weighted by molar-refractivity contribution is 7.08. The molecule has 0 fully saturated rings. The van der Waals surface area contributed by atoms with Gasteiger partial charge in [0.2, 0.25) is 0 Å². The highest BCUT2D eigenvalue weighted by atomic mass is 32.1. The number of carbonyl (C=O) groups excluding carboxylic acids is 1. The van der Waals surface area contributed by atoms with Crippen LogP contribution in [0.1, 0.15) is 50.0 Å². The molecule has 0 aliphatic carbocycles. The van der Waals surface area contributed by atoms with Crippen molar-refractivity contribution < 1.29 is 22.2 Å². The molecular weight excluding hydrogens is 496 g/mol. The van der Waals surface area contributed by atoms with E-state index in [4.69, 9.17) is 12.6 Å². The van der Waals surface area contributed by atoms with Crippen LogP contribution in [0.2, 0.25) is 0 Å². The van der Waals surface area contributed by atoms with Gasteiger partial charge in [-0.05, 0) is 77.5 Å². The number of para-hydroxylation sites is 1. The molecule has 0 aliphatic rings. The van der Waals surface area contributed by atoms with Crippen molar-refractivity contribution in [1.82, 2.24) is 9.88 Å².